The lowest BCUT2D eigenvalue weighted by Crippen LogP contribution is -2.46. The highest BCUT2D eigenvalue weighted by Gasteiger charge is 2.40. The van der Waals surface area contributed by atoms with Gasteiger partial charge >= 0.3 is 17.6 Å². The van der Waals surface area contributed by atoms with Gasteiger partial charge in [-0.05, 0) is 70.6 Å². The van der Waals surface area contributed by atoms with Gasteiger partial charge in [-0.3, -0.25) is 0 Å². The Balaban J connectivity index is 3.97. The average Bonchev–Trinajstić information content (AvgIpc) is 2.70. The van der Waals surface area contributed by atoms with Gasteiger partial charge in [0.25, 0.3) is 0 Å². The quantitative estimate of drug-likeness (QED) is 0.0879. The van der Waals surface area contributed by atoms with Crippen LogP contribution in [0.4, 0.5) is 0 Å². The van der Waals surface area contributed by atoms with Crippen molar-refractivity contribution >= 4 is 49.0 Å². The summed E-state index contributed by atoms with van der Waals surface area (Å²) in [5.74, 6) is 2.21. The molecule has 0 aromatic heterocycles. The lowest BCUT2D eigenvalue weighted by Gasteiger charge is -2.28. The molecule has 0 radical (unpaired) electrons. The molecule has 0 aromatic rings. The third-order valence-electron chi connectivity index (χ3n) is 3.95. The van der Waals surface area contributed by atoms with Gasteiger partial charge in [0.15, 0.2) is 0 Å². The van der Waals surface area contributed by atoms with E-state index in [1.807, 2.05) is 73.0 Å². The molecule has 0 amide bonds. The van der Waals surface area contributed by atoms with E-state index in [-0.39, 0.29) is 0 Å². The van der Waals surface area contributed by atoms with Crippen LogP contribution in [-0.4, -0.2) is 68.8 Å². The van der Waals surface area contributed by atoms with Crippen molar-refractivity contribution in [3.63, 3.8) is 0 Å². The van der Waals surface area contributed by atoms with E-state index in [9.17, 15) is 0 Å². The highest BCUT2D eigenvalue weighted by Crippen LogP contribution is 2.36. The number of rotatable bonds is 23. The number of hydrogen-bond acceptors (Lipinski definition) is 9. The molecule has 0 saturated heterocycles. The van der Waals surface area contributed by atoms with Gasteiger partial charge in [-0.25, -0.2) is 0 Å². The van der Waals surface area contributed by atoms with Gasteiger partial charge in [-0.1, -0.05) is 21.6 Å². The summed E-state index contributed by atoms with van der Waals surface area (Å²) in [4.78, 5) is 0. The van der Waals surface area contributed by atoms with Crippen molar-refractivity contribution in [2.75, 3.05) is 51.1 Å². The van der Waals surface area contributed by atoms with E-state index >= 15 is 0 Å². The van der Waals surface area contributed by atoms with Crippen LogP contribution in [0.15, 0.2) is 0 Å². The van der Waals surface area contributed by atoms with E-state index in [4.69, 9.17) is 26.6 Å². The minimum atomic E-state index is -2.48. The molecule has 0 aliphatic heterocycles. The maximum atomic E-state index is 5.91. The Morgan fingerprint density at radius 1 is 0.467 bits per heavy atom. The van der Waals surface area contributed by atoms with Gasteiger partial charge in [0.2, 0.25) is 0 Å². The molecule has 0 fully saturated rings. The Hall–Kier alpha value is 1.24. The van der Waals surface area contributed by atoms with Crippen LogP contribution in [0.1, 0.15) is 60.8 Å². The van der Waals surface area contributed by atoms with Crippen LogP contribution < -0.4 is 0 Å². The summed E-state index contributed by atoms with van der Waals surface area (Å²) < 4.78 is 35.5. The summed E-state index contributed by atoms with van der Waals surface area (Å²) in [6.07, 6.45) is 3.28. The summed E-state index contributed by atoms with van der Waals surface area (Å²) in [6.45, 7) is 15.9. The van der Waals surface area contributed by atoms with Gasteiger partial charge in [0, 0.05) is 63.2 Å². The summed E-state index contributed by atoms with van der Waals surface area (Å²) in [7, 11) is 0.750. The Kier molecular flexibility index (Phi) is 21.7. The van der Waals surface area contributed by atoms with Crippen molar-refractivity contribution < 1.29 is 26.6 Å². The molecule has 0 spiro atoms. The average molecular weight is 521 g/mol. The molecule has 0 aromatic carbocycles. The molecule has 6 nitrogen and oxygen atoms in total. The molecular weight excluding hydrogens is 477 g/mol. The van der Waals surface area contributed by atoms with Crippen molar-refractivity contribution in [1.82, 2.24) is 0 Å². The monoisotopic (exact) mass is 520 g/mol. The maximum Gasteiger partial charge on any atom is 0.500 e. The second kappa shape index (κ2) is 20.8. The molecule has 0 saturated carbocycles. The first-order valence-electron chi connectivity index (χ1n) is 11.3. The first-order valence-corrected chi connectivity index (χ1v) is 19.0. The minimum absolute atomic E-state index is 0.643. The van der Waals surface area contributed by atoms with Crippen LogP contribution in [0.3, 0.4) is 0 Å². The van der Waals surface area contributed by atoms with Crippen LogP contribution >= 0.6 is 31.4 Å². The number of unbranched alkanes of at least 4 members (excludes halogenated alkanes) is 1. The fourth-order valence-corrected chi connectivity index (χ4v) is 12.5. The van der Waals surface area contributed by atoms with Crippen molar-refractivity contribution in [2.45, 2.75) is 72.9 Å². The smallest absolute Gasteiger partial charge is 0.374 e. The van der Waals surface area contributed by atoms with E-state index < -0.39 is 17.6 Å². The zero-order chi connectivity index (χ0) is 22.6. The van der Waals surface area contributed by atoms with Crippen LogP contribution in [0.5, 0.6) is 0 Å². The highest BCUT2D eigenvalue weighted by molar-refractivity contribution is 9.09. The Morgan fingerprint density at radius 3 is 1.17 bits per heavy atom. The zero-order valence-electron chi connectivity index (χ0n) is 19.9. The standard InChI is InChI=1S/C19H44O6S3Si2/c1-7-20-29(21-8-2,22-9-3)18-14-13-16-26-28-27-17-15-19-30(23-10-4,24-11-5)25-12-6/h7-19H2,1-6H3. The van der Waals surface area contributed by atoms with Crippen LogP contribution in [0, 0.1) is 0 Å². The van der Waals surface area contributed by atoms with Gasteiger partial charge in [0.1, 0.15) is 0 Å². The summed E-state index contributed by atoms with van der Waals surface area (Å²) in [6, 6.07) is 1.79. The molecule has 0 aliphatic carbocycles. The molecule has 0 aliphatic rings. The second-order valence-electron chi connectivity index (χ2n) is 6.24. The molecule has 0 atom stereocenters. The SMILES string of the molecule is CCO[Si](CCCCSSSCCC[Si](OCC)(OCC)OCC)(OCC)OCC. The Bertz CT molecular complexity index is 318. The van der Waals surface area contributed by atoms with Gasteiger partial charge in [-0.2, -0.15) is 0 Å². The van der Waals surface area contributed by atoms with Crippen molar-refractivity contribution in [3.8, 4) is 0 Å². The van der Waals surface area contributed by atoms with E-state index in [1.165, 1.54) is 0 Å². The Morgan fingerprint density at radius 2 is 0.800 bits per heavy atom. The lowest BCUT2D eigenvalue weighted by atomic mass is 10.4. The molecule has 30 heavy (non-hydrogen) atoms. The summed E-state index contributed by atoms with van der Waals surface area (Å²) >= 11 is 0. The molecule has 182 valence electrons. The highest BCUT2D eigenvalue weighted by atomic mass is 33.5. The molecule has 11 heteroatoms. The maximum absolute atomic E-state index is 5.91. The summed E-state index contributed by atoms with van der Waals surface area (Å²) in [5, 5.41) is 0. The summed E-state index contributed by atoms with van der Waals surface area (Å²) in [5.41, 5.74) is 0. The van der Waals surface area contributed by atoms with E-state index in [0.717, 1.165) is 42.9 Å². The fourth-order valence-electron chi connectivity index (χ4n) is 2.95. The third-order valence-corrected chi connectivity index (χ3v) is 14.7. The van der Waals surface area contributed by atoms with Crippen LogP contribution in [-0.2, 0) is 26.6 Å². The molecular formula is C19H44O6S3Si2. The first-order chi connectivity index (χ1) is 14.6. The van der Waals surface area contributed by atoms with E-state index in [0.29, 0.717) is 39.6 Å². The molecule has 0 unspecified atom stereocenters. The lowest BCUT2D eigenvalue weighted by molar-refractivity contribution is 0.0702. The van der Waals surface area contributed by atoms with E-state index in [1.54, 1.807) is 0 Å². The fraction of sp³-hybridized carbons (Fsp3) is 1.00. The van der Waals surface area contributed by atoms with Crippen molar-refractivity contribution in [1.29, 1.82) is 0 Å². The zero-order valence-corrected chi connectivity index (χ0v) is 24.3. The third kappa shape index (κ3) is 14.4. The first kappa shape index (κ1) is 31.2. The molecule has 0 rings (SSSR count). The van der Waals surface area contributed by atoms with Gasteiger partial charge in [-0.15, -0.1) is 0 Å². The predicted octanol–water partition coefficient (Wildman–Crippen LogP) is 6.28. The number of hydrogen-bond donors (Lipinski definition) is 0. The molecule has 0 heterocycles. The molecule has 0 N–H and O–H groups in total. The predicted molar refractivity (Wildman–Crippen MR) is 137 cm³/mol. The minimum Gasteiger partial charge on any atom is -0.374 e. The van der Waals surface area contributed by atoms with Crippen molar-refractivity contribution in [2.24, 2.45) is 0 Å². The van der Waals surface area contributed by atoms with Crippen LogP contribution in [0.2, 0.25) is 12.1 Å². The Labute approximate surface area is 199 Å². The van der Waals surface area contributed by atoms with Gasteiger partial charge in [0.05, 0.1) is 0 Å². The normalized spacial score (nSPS) is 12.6. The van der Waals surface area contributed by atoms with E-state index in [2.05, 4.69) is 0 Å². The topological polar surface area (TPSA) is 55.4 Å². The van der Waals surface area contributed by atoms with Crippen molar-refractivity contribution in [3.05, 3.63) is 0 Å². The molecule has 0 bridgehead atoms. The van der Waals surface area contributed by atoms with Crippen LogP contribution in [0.25, 0.3) is 0 Å². The largest absolute Gasteiger partial charge is 0.500 e. The van der Waals surface area contributed by atoms with Gasteiger partial charge < -0.3 is 26.6 Å². The second-order valence-corrected chi connectivity index (χ2v) is 16.2.